The van der Waals surface area contributed by atoms with Crippen LogP contribution in [0, 0.1) is 5.41 Å². The van der Waals surface area contributed by atoms with Gasteiger partial charge < -0.3 is 5.73 Å². The van der Waals surface area contributed by atoms with Crippen molar-refractivity contribution in [2.45, 2.75) is 52.3 Å². The number of rotatable bonds is 2. The van der Waals surface area contributed by atoms with Gasteiger partial charge in [0.25, 0.3) is 0 Å². The maximum absolute atomic E-state index is 11.8. The van der Waals surface area contributed by atoms with Gasteiger partial charge in [-0.3, -0.25) is 4.21 Å². The van der Waals surface area contributed by atoms with Gasteiger partial charge in [-0.1, -0.05) is 20.8 Å². The van der Waals surface area contributed by atoms with E-state index in [2.05, 4.69) is 20.8 Å². The molecular weight excluding hydrogens is 182 g/mol. The first-order chi connectivity index (χ1) is 5.55. The molecule has 2 nitrogen and oxygen atoms in total. The summed E-state index contributed by atoms with van der Waals surface area (Å²) in [4.78, 5) is 0. The summed E-state index contributed by atoms with van der Waals surface area (Å²) in [6.07, 6.45) is 0. The van der Waals surface area contributed by atoms with Crippen molar-refractivity contribution in [3.05, 3.63) is 0 Å². The first-order valence-electron chi connectivity index (χ1n) is 4.69. The molecule has 0 aliphatic carbocycles. The Balaban J connectivity index is 4.24. The smallest absolute Gasteiger partial charge is 0.0397 e. The molecule has 0 saturated heterocycles. The van der Waals surface area contributed by atoms with Crippen molar-refractivity contribution < 1.29 is 4.21 Å². The molecule has 0 aliphatic heterocycles. The molecule has 0 spiro atoms. The van der Waals surface area contributed by atoms with Crippen LogP contribution in [0.5, 0.6) is 0 Å². The molecule has 0 radical (unpaired) electrons. The fourth-order valence-corrected chi connectivity index (χ4v) is 1.99. The second-order valence-electron chi connectivity index (χ2n) is 5.60. The normalized spacial score (nSPS) is 18.4. The third-order valence-electron chi connectivity index (χ3n) is 2.13. The maximum atomic E-state index is 11.8. The Labute approximate surface area is 84.7 Å². The molecule has 0 aromatic rings. The molecule has 3 heteroatoms. The summed E-state index contributed by atoms with van der Waals surface area (Å²) in [5.74, 6) is 0.590. The van der Waals surface area contributed by atoms with Crippen LogP contribution in [0.1, 0.15) is 41.5 Å². The van der Waals surface area contributed by atoms with E-state index in [0.717, 1.165) is 0 Å². The molecule has 0 amide bonds. The number of nitrogens with two attached hydrogens (primary N) is 1. The van der Waals surface area contributed by atoms with Gasteiger partial charge >= 0.3 is 0 Å². The summed E-state index contributed by atoms with van der Waals surface area (Å²) >= 11 is 0. The van der Waals surface area contributed by atoms with Crippen LogP contribution in [-0.4, -0.2) is 20.8 Å². The van der Waals surface area contributed by atoms with Crippen LogP contribution < -0.4 is 5.73 Å². The highest BCUT2D eigenvalue weighted by atomic mass is 32.2. The van der Waals surface area contributed by atoms with Crippen LogP contribution in [0.4, 0.5) is 0 Å². The lowest BCUT2D eigenvalue weighted by molar-refractivity contribution is 0.342. The number of hydrogen-bond acceptors (Lipinski definition) is 2. The SMILES string of the molecule is CC(C)(C)C(N)CS(=O)C(C)(C)C. The minimum Gasteiger partial charge on any atom is -0.326 e. The summed E-state index contributed by atoms with van der Waals surface area (Å²) < 4.78 is 11.6. The zero-order chi connectivity index (χ0) is 10.9. The Bertz CT molecular complexity index is 188. The lowest BCUT2D eigenvalue weighted by atomic mass is 9.89. The van der Waals surface area contributed by atoms with Crippen LogP contribution >= 0.6 is 0 Å². The Kier molecular flexibility index (Phi) is 4.13. The molecule has 2 N–H and O–H groups in total. The molecular formula is C10H23NOS. The van der Waals surface area contributed by atoms with Crippen LogP contribution in [0.3, 0.4) is 0 Å². The molecule has 0 aromatic carbocycles. The Morgan fingerprint density at radius 2 is 1.54 bits per heavy atom. The van der Waals surface area contributed by atoms with Crippen molar-refractivity contribution in [1.82, 2.24) is 0 Å². The van der Waals surface area contributed by atoms with Crippen molar-refractivity contribution in [3.8, 4) is 0 Å². The highest BCUT2D eigenvalue weighted by molar-refractivity contribution is 7.86. The Morgan fingerprint density at radius 1 is 1.15 bits per heavy atom. The molecule has 0 bridgehead atoms. The van der Waals surface area contributed by atoms with Crippen molar-refractivity contribution in [3.63, 3.8) is 0 Å². The molecule has 0 saturated carbocycles. The lowest BCUT2D eigenvalue weighted by Crippen LogP contribution is -2.42. The molecule has 2 unspecified atom stereocenters. The van der Waals surface area contributed by atoms with E-state index in [-0.39, 0.29) is 16.2 Å². The average Bonchev–Trinajstić information content (AvgIpc) is 1.82. The van der Waals surface area contributed by atoms with Gasteiger partial charge in [0.05, 0.1) is 0 Å². The van der Waals surface area contributed by atoms with E-state index in [9.17, 15) is 4.21 Å². The summed E-state index contributed by atoms with van der Waals surface area (Å²) in [5.41, 5.74) is 6.00. The maximum Gasteiger partial charge on any atom is 0.0397 e. The van der Waals surface area contributed by atoms with E-state index in [4.69, 9.17) is 5.73 Å². The standard InChI is InChI=1S/C10H23NOS/c1-9(2,3)8(11)7-13(12)10(4,5)6/h8H,7,11H2,1-6H3. The minimum absolute atomic E-state index is 0.00700. The van der Waals surface area contributed by atoms with Gasteiger partial charge in [-0.25, -0.2) is 0 Å². The van der Waals surface area contributed by atoms with Crippen LogP contribution in [0.15, 0.2) is 0 Å². The van der Waals surface area contributed by atoms with Gasteiger partial charge in [0, 0.05) is 27.3 Å². The summed E-state index contributed by atoms with van der Waals surface area (Å²) in [7, 11) is -0.839. The van der Waals surface area contributed by atoms with E-state index in [1.807, 2.05) is 20.8 Å². The Morgan fingerprint density at radius 3 is 1.77 bits per heavy atom. The molecule has 0 heterocycles. The van der Waals surface area contributed by atoms with Crippen molar-refractivity contribution in [2.24, 2.45) is 11.1 Å². The van der Waals surface area contributed by atoms with E-state index in [1.165, 1.54) is 0 Å². The fourth-order valence-electron chi connectivity index (χ4n) is 0.663. The zero-order valence-electron chi connectivity index (χ0n) is 9.68. The van der Waals surface area contributed by atoms with Crippen molar-refractivity contribution in [2.75, 3.05) is 5.75 Å². The largest absolute Gasteiger partial charge is 0.326 e. The second kappa shape index (κ2) is 4.09. The quantitative estimate of drug-likeness (QED) is 0.748. The zero-order valence-corrected chi connectivity index (χ0v) is 10.5. The summed E-state index contributed by atoms with van der Waals surface area (Å²) in [5, 5.41) is 0. The summed E-state index contributed by atoms with van der Waals surface area (Å²) in [6, 6.07) is 0.00700. The third kappa shape index (κ3) is 4.77. The second-order valence-corrected chi connectivity index (χ2v) is 7.85. The first-order valence-corrected chi connectivity index (χ1v) is 6.01. The van der Waals surface area contributed by atoms with Gasteiger partial charge in [-0.15, -0.1) is 0 Å². The lowest BCUT2D eigenvalue weighted by Gasteiger charge is -2.29. The molecule has 0 fully saturated rings. The van der Waals surface area contributed by atoms with E-state index in [1.54, 1.807) is 0 Å². The van der Waals surface area contributed by atoms with Gasteiger partial charge in [-0.05, 0) is 26.2 Å². The van der Waals surface area contributed by atoms with Gasteiger partial charge in [0.1, 0.15) is 0 Å². The van der Waals surface area contributed by atoms with Gasteiger partial charge in [-0.2, -0.15) is 0 Å². The van der Waals surface area contributed by atoms with Gasteiger partial charge in [0.15, 0.2) is 0 Å². The van der Waals surface area contributed by atoms with Crippen LogP contribution in [0.2, 0.25) is 0 Å². The molecule has 2 atom stereocenters. The topological polar surface area (TPSA) is 43.1 Å². The van der Waals surface area contributed by atoms with Crippen molar-refractivity contribution >= 4 is 10.8 Å². The first kappa shape index (κ1) is 13.1. The number of hydrogen-bond donors (Lipinski definition) is 1. The predicted molar refractivity (Wildman–Crippen MR) is 60.2 cm³/mol. The highest BCUT2D eigenvalue weighted by Gasteiger charge is 2.27. The van der Waals surface area contributed by atoms with Crippen LogP contribution in [-0.2, 0) is 10.8 Å². The average molecular weight is 205 g/mol. The molecule has 13 heavy (non-hydrogen) atoms. The minimum atomic E-state index is -0.839. The van der Waals surface area contributed by atoms with E-state index >= 15 is 0 Å². The molecule has 0 rings (SSSR count). The molecule has 80 valence electrons. The van der Waals surface area contributed by atoms with Gasteiger partial charge in [0.2, 0.25) is 0 Å². The van der Waals surface area contributed by atoms with E-state index < -0.39 is 10.8 Å². The van der Waals surface area contributed by atoms with Crippen LogP contribution in [0.25, 0.3) is 0 Å². The fraction of sp³-hybridized carbons (Fsp3) is 1.00. The third-order valence-corrected chi connectivity index (χ3v) is 4.15. The molecule has 0 aliphatic rings. The molecule has 0 aromatic heterocycles. The van der Waals surface area contributed by atoms with E-state index in [0.29, 0.717) is 5.75 Å². The summed E-state index contributed by atoms with van der Waals surface area (Å²) in [6.45, 7) is 12.2. The Hall–Kier alpha value is 0.110. The highest BCUT2D eigenvalue weighted by Crippen LogP contribution is 2.21. The predicted octanol–water partition coefficient (Wildman–Crippen LogP) is 1.91. The van der Waals surface area contributed by atoms with Crippen molar-refractivity contribution in [1.29, 1.82) is 0 Å². The monoisotopic (exact) mass is 205 g/mol.